The molecule has 0 aromatic heterocycles. The molecule has 2 aromatic rings. The Morgan fingerprint density at radius 1 is 1.04 bits per heavy atom. The molecule has 1 amide bonds. The van der Waals surface area contributed by atoms with E-state index >= 15 is 0 Å². The molecule has 0 radical (unpaired) electrons. The number of carbonyl (C=O) groups is 1. The maximum Gasteiger partial charge on any atom is 0.416 e. The third kappa shape index (κ3) is 2.87. The standard InChI is InChI=1S/C17H12Cl2F3NO/c18-16(19)10-15(16,11-5-2-1-3-6-11)14(24)23-13-8-4-7-12(9-13)17(20,21)22/h1-9H,10H2,(H,23,24)/t15-/m0/s1. The van der Waals surface area contributed by atoms with Gasteiger partial charge in [0.15, 0.2) is 0 Å². The van der Waals surface area contributed by atoms with Crippen LogP contribution in [0.3, 0.4) is 0 Å². The predicted octanol–water partition coefficient (Wildman–Crippen LogP) is 5.16. The van der Waals surface area contributed by atoms with Gasteiger partial charge in [0.25, 0.3) is 0 Å². The van der Waals surface area contributed by atoms with Gasteiger partial charge in [-0.1, -0.05) is 36.4 Å². The summed E-state index contributed by atoms with van der Waals surface area (Å²) >= 11 is 12.4. The average molecular weight is 374 g/mol. The minimum Gasteiger partial charge on any atom is -0.325 e. The van der Waals surface area contributed by atoms with E-state index in [-0.39, 0.29) is 12.1 Å². The van der Waals surface area contributed by atoms with E-state index in [4.69, 9.17) is 23.2 Å². The Bertz CT molecular complexity index is 777. The number of hydrogen-bond donors (Lipinski definition) is 1. The highest BCUT2D eigenvalue weighted by Gasteiger charge is 2.72. The molecule has 1 atom stereocenters. The number of nitrogens with one attached hydrogen (secondary N) is 1. The molecule has 3 rings (SSSR count). The molecular formula is C17H12Cl2F3NO. The first-order chi connectivity index (χ1) is 11.2. The normalized spacial score (nSPS) is 22.0. The van der Waals surface area contributed by atoms with Crippen molar-refractivity contribution in [1.29, 1.82) is 0 Å². The monoisotopic (exact) mass is 373 g/mol. The van der Waals surface area contributed by atoms with E-state index in [0.29, 0.717) is 5.56 Å². The fourth-order valence-electron chi connectivity index (χ4n) is 2.71. The van der Waals surface area contributed by atoms with Crippen molar-refractivity contribution in [3.63, 3.8) is 0 Å². The van der Waals surface area contributed by atoms with Gasteiger partial charge in [-0.05, 0) is 23.8 Å². The van der Waals surface area contributed by atoms with E-state index in [0.717, 1.165) is 12.1 Å². The maximum absolute atomic E-state index is 12.8. The minimum atomic E-state index is -4.49. The maximum atomic E-state index is 12.8. The smallest absolute Gasteiger partial charge is 0.325 e. The molecule has 1 aliphatic carbocycles. The third-order valence-corrected chi connectivity index (χ3v) is 5.00. The predicted molar refractivity (Wildman–Crippen MR) is 87.2 cm³/mol. The highest BCUT2D eigenvalue weighted by molar-refractivity contribution is 6.54. The van der Waals surface area contributed by atoms with Crippen LogP contribution in [0.15, 0.2) is 54.6 Å². The number of rotatable bonds is 3. The van der Waals surface area contributed by atoms with E-state index in [2.05, 4.69) is 5.32 Å². The zero-order valence-electron chi connectivity index (χ0n) is 12.2. The van der Waals surface area contributed by atoms with Crippen molar-refractivity contribution in [1.82, 2.24) is 0 Å². The molecule has 0 aliphatic heterocycles. The number of alkyl halides is 5. The number of halogens is 5. The Hall–Kier alpha value is -1.72. The second-order valence-corrected chi connectivity index (χ2v) is 7.17. The van der Waals surface area contributed by atoms with E-state index < -0.39 is 27.4 Å². The molecule has 24 heavy (non-hydrogen) atoms. The van der Waals surface area contributed by atoms with Gasteiger partial charge in [-0.25, -0.2) is 0 Å². The van der Waals surface area contributed by atoms with Crippen LogP contribution in [-0.4, -0.2) is 10.2 Å². The Morgan fingerprint density at radius 3 is 2.21 bits per heavy atom. The molecule has 1 saturated carbocycles. The van der Waals surface area contributed by atoms with Crippen LogP contribution in [-0.2, 0) is 16.4 Å². The zero-order chi connectivity index (χ0) is 17.6. The van der Waals surface area contributed by atoms with Gasteiger partial charge in [0.05, 0.1) is 5.56 Å². The zero-order valence-corrected chi connectivity index (χ0v) is 13.7. The van der Waals surface area contributed by atoms with E-state index in [1.54, 1.807) is 30.3 Å². The van der Waals surface area contributed by atoms with Gasteiger partial charge in [-0.3, -0.25) is 4.79 Å². The summed E-state index contributed by atoms with van der Waals surface area (Å²) in [5.74, 6) is -0.530. The Morgan fingerprint density at radius 2 is 1.67 bits per heavy atom. The lowest BCUT2D eigenvalue weighted by molar-refractivity contribution is -0.137. The second kappa shape index (κ2) is 5.67. The highest BCUT2D eigenvalue weighted by Crippen LogP contribution is 2.65. The van der Waals surface area contributed by atoms with E-state index in [1.807, 2.05) is 0 Å². The molecule has 1 fully saturated rings. The van der Waals surface area contributed by atoms with Crippen molar-refractivity contribution in [3.05, 3.63) is 65.7 Å². The molecule has 0 unspecified atom stereocenters. The fraction of sp³-hybridized carbons (Fsp3) is 0.235. The van der Waals surface area contributed by atoms with Crippen LogP contribution < -0.4 is 5.32 Å². The van der Waals surface area contributed by atoms with Gasteiger partial charge in [0, 0.05) is 12.1 Å². The van der Waals surface area contributed by atoms with Crippen LogP contribution >= 0.6 is 23.2 Å². The Kier molecular flexibility index (Phi) is 4.04. The first-order valence-electron chi connectivity index (χ1n) is 7.09. The molecule has 0 spiro atoms. The van der Waals surface area contributed by atoms with Crippen LogP contribution in [0, 0.1) is 0 Å². The number of carbonyl (C=O) groups excluding carboxylic acids is 1. The minimum absolute atomic E-state index is 0.0427. The molecule has 1 aliphatic rings. The van der Waals surface area contributed by atoms with Crippen molar-refractivity contribution < 1.29 is 18.0 Å². The Labute approximate surface area is 146 Å². The van der Waals surface area contributed by atoms with Gasteiger partial charge >= 0.3 is 6.18 Å². The van der Waals surface area contributed by atoms with Crippen LogP contribution in [0.25, 0.3) is 0 Å². The third-order valence-electron chi connectivity index (χ3n) is 4.09. The van der Waals surface area contributed by atoms with Gasteiger partial charge in [0.2, 0.25) is 5.91 Å². The van der Waals surface area contributed by atoms with Crippen molar-refractivity contribution in [3.8, 4) is 0 Å². The lowest BCUT2D eigenvalue weighted by atomic mass is 9.94. The first kappa shape index (κ1) is 17.1. The SMILES string of the molecule is O=C(Nc1cccc(C(F)(F)F)c1)[C@@]1(c2ccccc2)CC1(Cl)Cl. The molecule has 2 aromatic carbocycles. The Balaban J connectivity index is 1.90. The number of amides is 1. The lowest BCUT2D eigenvalue weighted by Crippen LogP contribution is -2.32. The van der Waals surface area contributed by atoms with E-state index in [9.17, 15) is 18.0 Å². The van der Waals surface area contributed by atoms with Crippen LogP contribution in [0.1, 0.15) is 17.5 Å². The van der Waals surface area contributed by atoms with Crippen LogP contribution in [0.2, 0.25) is 0 Å². The van der Waals surface area contributed by atoms with Gasteiger partial charge in [-0.2, -0.15) is 13.2 Å². The van der Waals surface area contributed by atoms with Gasteiger partial charge in [0.1, 0.15) is 9.75 Å². The fourth-order valence-corrected chi connectivity index (χ4v) is 3.50. The lowest BCUT2D eigenvalue weighted by Gasteiger charge is -2.19. The number of anilines is 1. The van der Waals surface area contributed by atoms with Crippen molar-refractivity contribution in [2.45, 2.75) is 22.3 Å². The van der Waals surface area contributed by atoms with Crippen LogP contribution in [0.4, 0.5) is 18.9 Å². The topological polar surface area (TPSA) is 29.1 Å². The summed E-state index contributed by atoms with van der Waals surface area (Å²) in [5.41, 5.74) is -1.35. The molecule has 126 valence electrons. The molecule has 1 N–H and O–H groups in total. The molecule has 2 nitrogen and oxygen atoms in total. The summed E-state index contributed by atoms with van der Waals surface area (Å²) in [5, 5.41) is 2.50. The highest BCUT2D eigenvalue weighted by atomic mass is 35.5. The number of benzene rings is 2. The average Bonchev–Trinajstić information content (AvgIpc) is 3.12. The van der Waals surface area contributed by atoms with Gasteiger partial charge < -0.3 is 5.32 Å². The molecular weight excluding hydrogens is 362 g/mol. The van der Waals surface area contributed by atoms with Crippen molar-refractivity contribution in [2.24, 2.45) is 0 Å². The second-order valence-electron chi connectivity index (χ2n) is 5.69. The quantitative estimate of drug-likeness (QED) is 0.739. The molecule has 0 heterocycles. The molecule has 0 bridgehead atoms. The number of hydrogen-bond acceptors (Lipinski definition) is 1. The summed E-state index contributed by atoms with van der Waals surface area (Å²) < 4.78 is 37.1. The first-order valence-corrected chi connectivity index (χ1v) is 7.84. The molecule has 0 saturated heterocycles. The van der Waals surface area contributed by atoms with Crippen LogP contribution in [0.5, 0.6) is 0 Å². The largest absolute Gasteiger partial charge is 0.416 e. The van der Waals surface area contributed by atoms with Crippen molar-refractivity contribution in [2.75, 3.05) is 5.32 Å². The molecule has 7 heteroatoms. The summed E-state index contributed by atoms with van der Waals surface area (Å²) in [4.78, 5) is 12.7. The summed E-state index contributed by atoms with van der Waals surface area (Å²) in [7, 11) is 0. The van der Waals surface area contributed by atoms with Gasteiger partial charge in [-0.15, -0.1) is 23.2 Å². The summed E-state index contributed by atoms with van der Waals surface area (Å²) in [6.45, 7) is 0. The van der Waals surface area contributed by atoms with E-state index in [1.165, 1.54) is 12.1 Å². The van der Waals surface area contributed by atoms with Crippen molar-refractivity contribution >= 4 is 34.8 Å². The summed E-state index contributed by atoms with van der Waals surface area (Å²) in [6.07, 6.45) is -4.29. The summed E-state index contributed by atoms with van der Waals surface area (Å²) in [6, 6.07) is 13.2.